The van der Waals surface area contributed by atoms with Crippen LogP contribution in [0.5, 0.6) is 0 Å². The fourth-order valence-corrected chi connectivity index (χ4v) is 3.04. The number of esters is 1. The minimum absolute atomic E-state index is 0.0247. The lowest BCUT2D eigenvalue weighted by molar-refractivity contribution is -0.136. The van der Waals surface area contributed by atoms with Crippen LogP contribution in [-0.4, -0.2) is 39.1 Å². The molecule has 0 amide bonds. The third-order valence-corrected chi connectivity index (χ3v) is 4.11. The number of halogens is 2. The molecular formula is C14H11Cl2N5O3. The number of allylic oxidation sites excluding steroid dienone is 1. The number of carbonyl (C=O) groups is 2. The number of nitrogens with zero attached hydrogens (tertiary/aromatic N) is 4. The van der Waals surface area contributed by atoms with E-state index in [-0.39, 0.29) is 23.0 Å². The number of ether oxygens (including phenoxy) is 1. The fourth-order valence-electron chi connectivity index (χ4n) is 2.53. The highest BCUT2D eigenvalue weighted by Crippen LogP contribution is 2.38. The molecule has 2 aromatic rings. The number of hydrogen-bond acceptors (Lipinski definition) is 7. The van der Waals surface area contributed by atoms with Crippen molar-refractivity contribution < 1.29 is 14.3 Å². The smallest absolute Gasteiger partial charge is 0.355 e. The zero-order valence-electron chi connectivity index (χ0n) is 12.6. The van der Waals surface area contributed by atoms with Crippen molar-refractivity contribution >= 4 is 40.9 Å². The molecule has 0 aliphatic carbocycles. The summed E-state index contributed by atoms with van der Waals surface area (Å²) in [6.07, 6.45) is 0. The quantitative estimate of drug-likeness (QED) is 0.828. The van der Waals surface area contributed by atoms with Gasteiger partial charge in [-0.25, -0.2) is 4.79 Å². The van der Waals surface area contributed by atoms with Crippen molar-refractivity contribution in [3.8, 4) is 0 Å². The number of nitrogens with one attached hydrogen (secondary N) is 1. The molecule has 3 rings (SSSR count). The Labute approximate surface area is 146 Å². The van der Waals surface area contributed by atoms with E-state index in [1.807, 2.05) is 0 Å². The highest BCUT2D eigenvalue weighted by atomic mass is 35.5. The summed E-state index contributed by atoms with van der Waals surface area (Å²) >= 11 is 12.2. The molecule has 2 heterocycles. The second-order valence-corrected chi connectivity index (χ2v) is 5.82. The van der Waals surface area contributed by atoms with E-state index in [1.54, 1.807) is 18.2 Å². The molecule has 1 aliphatic rings. The molecular weight excluding hydrogens is 357 g/mol. The second-order valence-electron chi connectivity index (χ2n) is 4.98. The van der Waals surface area contributed by atoms with Crippen LogP contribution >= 0.6 is 23.2 Å². The van der Waals surface area contributed by atoms with Gasteiger partial charge in [-0.15, -0.1) is 0 Å². The maximum absolute atomic E-state index is 12.3. The number of fused-ring (bicyclic) bond motifs is 1. The number of ketones is 1. The van der Waals surface area contributed by atoms with Gasteiger partial charge >= 0.3 is 5.97 Å². The minimum atomic E-state index is -0.785. The lowest BCUT2D eigenvalue weighted by atomic mass is 9.93. The first kappa shape index (κ1) is 16.4. The molecule has 10 heteroatoms. The second kappa shape index (κ2) is 6.21. The van der Waals surface area contributed by atoms with Crippen LogP contribution in [0.25, 0.3) is 0 Å². The van der Waals surface area contributed by atoms with Crippen LogP contribution in [0.15, 0.2) is 29.5 Å². The number of rotatable bonds is 3. The third-order valence-electron chi connectivity index (χ3n) is 3.54. The first-order valence-corrected chi connectivity index (χ1v) is 7.53. The Bertz CT molecular complexity index is 877. The van der Waals surface area contributed by atoms with E-state index in [1.165, 1.54) is 18.7 Å². The topological polar surface area (TPSA) is 99.0 Å². The summed E-state index contributed by atoms with van der Waals surface area (Å²) in [6.45, 7) is 1.34. The Hall–Kier alpha value is -2.45. The lowest BCUT2D eigenvalue weighted by Crippen LogP contribution is -2.32. The summed E-state index contributed by atoms with van der Waals surface area (Å²) in [7, 11) is 1.22. The molecule has 1 N–H and O–H groups in total. The van der Waals surface area contributed by atoms with Crippen LogP contribution < -0.4 is 5.32 Å². The summed E-state index contributed by atoms with van der Waals surface area (Å²) in [6, 6.07) is 4.04. The monoisotopic (exact) mass is 367 g/mol. The molecule has 0 saturated heterocycles. The van der Waals surface area contributed by atoms with Crippen LogP contribution in [0.4, 0.5) is 5.95 Å². The van der Waals surface area contributed by atoms with Gasteiger partial charge in [0.2, 0.25) is 5.95 Å². The molecule has 1 aliphatic heterocycles. The molecule has 0 radical (unpaired) electrons. The standard InChI is InChI=1S/C14H11Cl2N5O3/c1-6(22)10-11(13(23)24-2)17-14-18-19-20-21(14)12(10)8-4-3-7(15)5-9(8)16/h3-5,12H,1-2H3,(H,17,18,20)/t12-/m1/s1. The molecule has 1 aromatic heterocycles. The maximum atomic E-state index is 12.3. The van der Waals surface area contributed by atoms with Crippen molar-refractivity contribution in [1.29, 1.82) is 0 Å². The molecule has 1 atom stereocenters. The van der Waals surface area contributed by atoms with Gasteiger partial charge in [0.25, 0.3) is 0 Å². The number of Topliss-reactive ketones (excluding diaryl/α,β-unsaturated/α-hetero) is 1. The number of carbonyl (C=O) groups excluding carboxylic acids is 2. The third kappa shape index (κ3) is 2.63. The van der Waals surface area contributed by atoms with E-state index in [2.05, 4.69) is 20.8 Å². The minimum Gasteiger partial charge on any atom is -0.464 e. The number of anilines is 1. The molecule has 0 bridgehead atoms. The van der Waals surface area contributed by atoms with E-state index in [0.29, 0.717) is 15.6 Å². The van der Waals surface area contributed by atoms with Crippen molar-refractivity contribution in [1.82, 2.24) is 20.2 Å². The zero-order chi connectivity index (χ0) is 17.4. The molecule has 0 spiro atoms. The van der Waals surface area contributed by atoms with Gasteiger partial charge in [-0.3, -0.25) is 4.79 Å². The zero-order valence-corrected chi connectivity index (χ0v) is 14.1. The van der Waals surface area contributed by atoms with Crippen molar-refractivity contribution in [2.75, 3.05) is 12.4 Å². The van der Waals surface area contributed by atoms with Crippen molar-refractivity contribution in [2.45, 2.75) is 13.0 Å². The number of benzene rings is 1. The number of tetrazole rings is 1. The summed E-state index contributed by atoms with van der Waals surface area (Å²) < 4.78 is 6.13. The van der Waals surface area contributed by atoms with Crippen molar-refractivity contribution in [3.05, 3.63) is 45.1 Å². The number of hydrogen-bond donors (Lipinski definition) is 1. The van der Waals surface area contributed by atoms with Gasteiger partial charge in [-0.05, 0) is 29.5 Å². The largest absolute Gasteiger partial charge is 0.464 e. The highest BCUT2D eigenvalue weighted by Gasteiger charge is 2.37. The van der Waals surface area contributed by atoms with E-state index < -0.39 is 12.0 Å². The predicted octanol–water partition coefficient (Wildman–Crippen LogP) is 2.01. The van der Waals surface area contributed by atoms with Gasteiger partial charge in [-0.1, -0.05) is 34.4 Å². The normalized spacial score (nSPS) is 16.4. The Kier molecular flexibility index (Phi) is 4.25. The molecule has 8 nitrogen and oxygen atoms in total. The van der Waals surface area contributed by atoms with Crippen LogP contribution in [0.1, 0.15) is 18.5 Å². The Morgan fingerprint density at radius 2 is 2.08 bits per heavy atom. The Balaban J connectivity index is 2.28. The van der Waals surface area contributed by atoms with Gasteiger partial charge in [0.05, 0.1) is 12.7 Å². The lowest BCUT2D eigenvalue weighted by Gasteiger charge is -2.28. The van der Waals surface area contributed by atoms with Gasteiger partial charge in [0, 0.05) is 15.6 Å². The molecule has 0 saturated carbocycles. The fraction of sp³-hybridized carbons (Fsp3) is 0.214. The van der Waals surface area contributed by atoms with Gasteiger partial charge in [0.15, 0.2) is 5.78 Å². The van der Waals surface area contributed by atoms with E-state index in [4.69, 9.17) is 27.9 Å². The summed E-state index contributed by atoms with van der Waals surface area (Å²) in [5.41, 5.74) is 0.650. The molecule has 124 valence electrons. The Morgan fingerprint density at radius 1 is 1.33 bits per heavy atom. The van der Waals surface area contributed by atoms with Crippen LogP contribution in [0, 0.1) is 0 Å². The molecule has 0 unspecified atom stereocenters. The summed E-state index contributed by atoms with van der Waals surface area (Å²) in [5.74, 6) is -0.860. The van der Waals surface area contributed by atoms with Gasteiger partial charge < -0.3 is 10.1 Å². The summed E-state index contributed by atoms with van der Waals surface area (Å²) in [5, 5.41) is 14.8. The number of aromatic nitrogens is 4. The first-order chi connectivity index (χ1) is 11.4. The Morgan fingerprint density at radius 3 is 2.71 bits per heavy atom. The predicted molar refractivity (Wildman–Crippen MR) is 85.8 cm³/mol. The van der Waals surface area contributed by atoms with Crippen molar-refractivity contribution in [3.63, 3.8) is 0 Å². The number of methoxy groups -OCH3 is 1. The average Bonchev–Trinajstić information content (AvgIpc) is 3.00. The summed E-state index contributed by atoms with van der Waals surface area (Å²) in [4.78, 5) is 24.4. The van der Waals surface area contributed by atoms with E-state index in [0.717, 1.165) is 0 Å². The van der Waals surface area contributed by atoms with Crippen molar-refractivity contribution in [2.24, 2.45) is 0 Å². The highest BCUT2D eigenvalue weighted by molar-refractivity contribution is 6.35. The van der Waals surface area contributed by atoms with E-state index in [9.17, 15) is 9.59 Å². The van der Waals surface area contributed by atoms with Crippen LogP contribution in [-0.2, 0) is 14.3 Å². The van der Waals surface area contributed by atoms with Gasteiger partial charge in [0.1, 0.15) is 11.7 Å². The molecule has 1 aromatic carbocycles. The van der Waals surface area contributed by atoms with Crippen LogP contribution in [0.3, 0.4) is 0 Å². The first-order valence-electron chi connectivity index (χ1n) is 6.77. The van der Waals surface area contributed by atoms with Gasteiger partial charge in [-0.2, -0.15) is 4.68 Å². The SMILES string of the molecule is COC(=O)C1=C(C(C)=O)[C@@H](c2ccc(Cl)cc2Cl)n2nnnc2N1. The maximum Gasteiger partial charge on any atom is 0.355 e. The molecule has 24 heavy (non-hydrogen) atoms. The average molecular weight is 368 g/mol. The van der Waals surface area contributed by atoms with Crippen LogP contribution in [0.2, 0.25) is 10.0 Å². The molecule has 0 fully saturated rings. The van der Waals surface area contributed by atoms with E-state index >= 15 is 0 Å².